The fourth-order valence-corrected chi connectivity index (χ4v) is 0. The Bertz CT molecular complexity index is 13.0. The largest absolute Gasteiger partial charge is 1.00 e. The van der Waals surface area contributed by atoms with Crippen molar-refractivity contribution in [1.82, 2.24) is 0 Å². The van der Waals surface area contributed by atoms with E-state index in [1.165, 1.54) is 0 Å². The Hall–Kier alpha value is 1.45. The maximum atomic E-state index is 0. The zero-order valence-electron chi connectivity index (χ0n) is 5.41. The monoisotopic (exact) mass is 230 g/mol. The molecule has 0 bridgehead atoms. The smallest absolute Gasteiger partial charge is 1.00 e. The van der Waals surface area contributed by atoms with E-state index in [1.807, 2.05) is 0 Å². The fourth-order valence-electron chi connectivity index (χ4n) is 0. The minimum absolute atomic E-state index is 0. The second kappa shape index (κ2) is 223. The Morgan fingerprint density at radius 2 is 0.500 bits per heavy atom. The van der Waals surface area contributed by atoms with Crippen LogP contribution in [0.3, 0.4) is 0 Å². The van der Waals surface area contributed by atoms with Crippen LogP contribution in [0.2, 0.25) is 0 Å². The first-order valence-corrected chi connectivity index (χ1v) is 0. The molecular weight excluding hydrogens is 215 g/mol. The van der Waals surface area contributed by atoms with Gasteiger partial charge in [-0.05, 0) is 0 Å². The molecular formula is H13MoNaO6. The zero-order valence-corrected chi connectivity index (χ0v) is 8.42. The average Bonchev–Trinajstić information content (AvgIpc) is 0. The predicted molar refractivity (Wildman–Crippen MR) is 22.8 cm³/mol. The molecule has 0 unspecified atom stereocenters. The van der Waals surface area contributed by atoms with Gasteiger partial charge in [-0.2, -0.15) is 0 Å². The topological polar surface area (TPSA) is 189 Å². The Balaban J connectivity index is 0. The second-order valence-electron chi connectivity index (χ2n) is 0. The number of rotatable bonds is 0. The third-order valence-electron chi connectivity index (χ3n) is 0. The third-order valence-corrected chi connectivity index (χ3v) is 0. The summed E-state index contributed by atoms with van der Waals surface area (Å²) in [5, 5.41) is 0. The molecule has 0 amide bonds. The standard InChI is InChI=1S/Mo.Na.6H2O.H/h;;6*1H2;/q;+1;;;;;;;-1. The van der Waals surface area contributed by atoms with E-state index in [2.05, 4.69) is 0 Å². The van der Waals surface area contributed by atoms with Crippen LogP contribution in [0.15, 0.2) is 0 Å². The van der Waals surface area contributed by atoms with E-state index >= 15 is 0 Å². The summed E-state index contributed by atoms with van der Waals surface area (Å²) < 4.78 is 0. The van der Waals surface area contributed by atoms with Gasteiger partial charge in [0.15, 0.2) is 0 Å². The van der Waals surface area contributed by atoms with Crippen molar-refractivity contribution in [3.05, 3.63) is 0 Å². The first kappa shape index (κ1) is 321. The maximum absolute atomic E-state index is 0. The molecule has 0 saturated heterocycles. The van der Waals surface area contributed by atoms with Crippen LogP contribution >= 0.6 is 0 Å². The molecule has 8 heavy (non-hydrogen) atoms. The van der Waals surface area contributed by atoms with Gasteiger partial charge in [0.25, 0.3) is 0 Å². The van der Waals surface area contributed by atoms with E-state index < -0.39 is 0 Å². The quantitative estimate of drug-likeness (QED) is 0.356. The van der Waals surface area contributed by atoms with E-state index in [0.717, 1.165) is 0 Å². The Kier molecular flexibility index (Phi) is 8980. The van der Waals surface area contributed by atoms with Crippen molar-refractivity contribution in [2.75, 3.05) is 0 Å². The van der Waals surface area contributed by atoms with Crippen LogP contribution in [0.5, 0.6) is 0 Å². The second-order valence-corrected chi connectivity index (χ2v) is 0. The molecule has 0 aliphatic rings. The van der Waals surface area contributed by atoms with Crippen LogP contribution in [-0.4, -0.2) is 32.9 Å². The molecule has 6 nitrogen and oxygen atoms in total. The van der Waals surface area contributed by atoms with Gasteiger partial charge in [-0.1, -0.05) is 0 Å². The van der Waals surface area contributed by atoms with Gasteiger partial charge in [-0.15, -0.1) is 0 Å². The van der Waals surface area contributed by atoms with Crippen LogP contribution in [0, 0.1) is 0 Å². The van der Waals surface area contributed by atoms with Gasteiger partial charge in [0.1, 0.15) is 0 Å². The van der Waals surface area contributed by atoms with Gasteiger partial charge in [0.2, 0.25) is 0 Å². The minimum atomic E-state index is 0. The van der Waals surface area contributed by atoms with Crippen LogP contribution in [0.1, 0.15) is 1.43 Å². The minimum Gasteiger partial charge on any atom is -1.00 e. The van der Waals surface area contributed by atoms with Crippen molar-refractivity contribution in [1.29, 1.82) is 0 Å². The van der Waals surface area contributed by atoms with Gasteiger partial charge in [-0.3, -0.25) is 0 Å². The summed E-state index contributed by atoms with van der Waals surface area (Å²) in [5.74, 6) is 0. The van der Waals surface area contributed by atoms with Crippen molar-refractivity contribution < 1.29 is 84.9 Å². The molecule has 0 aliphatic heterocycles. The van der Waals surface area contributed by atoms with E-state index in [4.69, 9.17) is 0 Å². The summed E-state index contributed by atoms with van der Waals surface area (Å²) in [5.41, 5.74) is 0. The molecule has 56 valence electrons. The molecule has 0 aromatic heterocycles. The summed E-state index contributed by atoms with van der Waals surface area (Å²) in [4.78, 5) is 0. The van der Waals surface area contributed by atoms with E-state index in [1.54, 1.807) is 0 Å². The van der Waals surface area contributed by atoms with Gasteiger partial charge >= 0.3 is 29.6 Å². The summed E-state index contributed by atoms with van der Waals surface area (Å²) in [6.07, 6.45) is 0. The van der Waals surface area contributed by atoms with Gasteiger partial charge in [0, 0.05) is 21.1 Å². The van der Waals surface area contributed by atoms with Crippen molar-refractivity contribution in [3.8, 4) is 0 Å². The van der Waals surface area contributed by atoms with Crippen molar-refractivity contribution in [3.63, 3.8) is 0 Å². The van der Waals surface area contributed by atoms with Crippen LogP contribution < -0.4 is 29.6 Å². The summed E-state index contributed by atoms with van der Waals surface area (Å²) in [7, 11) is 0. The number of hydrogen-bond donors (Lipinski definition) is 0. The normalized spacial score (nSPS) is 0. The first-order chi connectivity index (χ1) is 0. The molecule has 12 N–H and O–H groups in total. The predicted octanol–water partition coefficient (Wildman–Crippen LogP) is -7.83. The Morgan fingerprint density at radius 3 is 0.500 bits per heavy atom. The molecule has 0 rings (SSSR count). The molecule has 0 heterocycles. The van der Waals surface area contributed by atoms with Crippen LogP contribution in [0.4, 0.5) is 0 Å². The Morgan fingerprint density at radius 1 is 0.500 bits per heavy atom. The van der Waals surface area contributed by atoms with E-state index in [0.29, 0.717) is 0 Å². The van der Waals surface area contributed by atoms with Gasteiger partial charge < -0.3 is 34.3 Å². The summed E-state index contributed by atoms with van der Waals surface area (Å²) >= 11 is 0. The van der Waals surface area contributed by atoms with Crippen molar-refractivity contribution in [2.24, 2.45) is 0 Å². The van der Waals surface area contributed by atoms with Crippen LogP contribution in [0.25, 0.3) is 0 Å². The Labute approximate surface area is 84.5 Å². The number of hydrogen-bond acceptors (Lipinski definition) is 0. The molecule has 0 aliphatic carbocycles. The zero-order chi connectivity index (χ0) is 0. The molecule has 0 saturated carbocycles. The molecule has 0 radical (unpaired) electrons. The molecule has 8 heteroatoms. The fraction of sp³-hybridized carbons (Fsp3) is 0. The van der Waals surface area contributed by atoms with Crippen molar-refractivity contribution >= 4 is 0 Å². The molecule has 0 aromatic carbocycles. The van der Waals surface area contributed by atoms with E-state index in [9.17, 15) is 0 Å². The van der Waals surface area contributed by atoms with E-state index in [-0.39, 0.29) is 84.9 Å². The average molecular weight is 228 g/mol. The SMILES string of the molecule is O.O.O.O.O.O.[H-].[Mo].[Na+]. The third kappa shape index (κ3) is 148. The van der Waals surface area contributed by atoms with Crippen molar-refractivity contribution in [2.45, 2.75) is 0 Å². The summed E-state index contributed by atoms with van der Waals surface area (Å²) in [6.45, 7) is 0. The molecule has 0 fully saturated rings. The van der Waals surface area contributed by atoms with Crippen LogP contribution in [-0.2, 0) is 21.1 Å². The molecule has 0 atom stereocenters. The summed E-state index contributed by atoms with van der Waals surface area (Å²) in [6, 6.07) is 0. The maximum Gasteiger partial charge on any atom is 1.00 e. The van der Waals surface area contributed by atoms with Gasteiger partial charge in [0.05, 0.1) is 0 Å². The first-order valence-electron chi connectivity index (χ1n) is 0. The molecule has 0 spiro atoms. The molecule has 0 aromatic rings. The van der Waals surface area contributed by atoms with Gasteiger partial charge in [-0.25, -0.2) is 0 Å².